The molecule has 0 heterocycles. The predicted octanol–water partition coefficient (Wildman–Crippen LogP) is 0.558. The fraction of sp³-hybridized carbons (Fsp3) is 0.231. The van der Waals surface area contributed by atoms with E-state index in [1.54, 1.807) is 0 Å². The summed E-state index contributed by atoms with van der Waals surface area (Å²) in [6.07, 6.45) is 3.88. The number of benzene rings is 2. The minimum atomic E-state index is 0. The summed E-state index contributed by atoms with van der Waals surface area (Å²) in [4.78, 5) is 0. The molecule has 30 heavy (non-hydrogen) atoms. The van der Waals surface area contributed by atoms with Crippen molar-refractivity contribution in [3.63, 3.8) is 0 Å². The van der Waals surface area contributed by atoms with Gasteiger partial charge in [-0.1, -0.05) is 72.0 Å². The molecule has 0 aliphatic rings. The maximum Gasteiger partial charge on any atom is 4.00 e. The molecule has 0 aliphatic carbocycles. The molecule has 0 radical (unpaired) electrons. The third-order valence-electron chi connectivity index (χ3n) is 4.99. The molecule has 0 amide bonds. The van der Waals surface area contributed by atoms with Crippen molar-refractivity contribution in [2.24, 2.45) is 0 Å². The SMILES string of the molecule is CCCC[c-]1cccc1C.Cc1ccccc1Pc1cc2ccccc2[cH-]1.[F-].[F-].[Ti+4]. The third-order valence-corrected chi connectivity index (χ3v) is 6.40. The monoisotopic (exact) mass is 458 g/mol. The second-order valence-electron chi connectivity index (χ2n) is 7.15. The molecule has 0 N–H and O–H groups in total. The molecule has 0 nitrogen and oxygen atoms in total. The Labute approximate surface area is 196 Å². The first-order valence-electron chi connectivity index (χ1n) is 9.86. The van der Waals surface area contributed by atoms with E-state index in [9.17, 15) is 0 Å². The second-order valence-corrected chi connectivity index (χ2v) is 8.52. The zero-order valence-electron chi connectivity index (χ0n) is 17.9. The Morgan fingerprint density at radius 1 is 0.900 bits per heavy atom. The van der Waals surface area contributed by atoms with Gasteiger partial charge in [0.15, 0.2) is 0 Å². The Hall–Kier alpha value is -1.60. The summed E-state index contributed by atoms with van der Waals surface area (Å²) in [5, 5.41) is 5.58. The second kappa shape index (κ2) is 14.4. The summed E-state index contributed by atoms with van der Waals surface area (Å²) in [6, 6.07) is 28.4. The molecule has 0 aliphatic heterocycles. The first-order chi connectivity index (χ1) is 13.2. The van der Waals surface area contributed by atoms with Crippen molar-refractivity contribution in [2.75, 3.05) is 0 Å². The summed E-state index contributed by atoms with van der Waals surface area (Å²) in [6.45, 7) is 6.61. The van der Waals surface area contributed by atoms with Crippen LogP contribution in [-0.4, -0.2) is 0 Å². The zero-order chi connectivity index (χ0) is 19.1. The van der Waals surface area contributed by atoms with Gasteiger partial charge < -0.3 is 9.41 Å². The van der Waals surface area contributed by atoms with E-state index in [1.807, 2.05) is 0 Å². The number of hydrogen-bond acceptors (Lipinski definition) is 0. The van der Waals surface area contributed by atoms with E-state index in [0.717, 1.165) is 8.58 Å². The van der Waals surface area contributed by atoms with Crippen LogP contribution in [0.15, 0.2) is 78.9 Å². The fourth-order valence-corrected chi connectivity index (χ4v) is 4.51. The van der Waals surface area contributed by atoms with Gasteiger partial charge in [-0.2, -0.15) is 23.3 Å². The van der Waals surface area contributed by atoms with E-state index in [2.05, 4.69) is 99.6 Å². The topological polar surface area (TPSA) is 0 Å². The molecule has 1 unspecified atom stereocenters. The molecular weight excluding hydrogens is 429 g/mol. The van der Waals surface area contributed by atoms with Gasteiger partial charge in [-0.15, -0.1) is 40.3 Å². The summed E-state index contributed by atoms with van der Waals surface area (Å²) in [5.74, 6) is 0. The molecule has 0 aromatic heterocycles. The number of fused-ring (bicyclic) bond motifs is 1. The first-order valence-corrected chi connectivity index (χ1v) is 10.9. The van der Waals surface area contributed by atoms with Crippen molar-refractivity contribution >= 4 is 30.0 Å². The van der Waals surface area contributed by atoms with Gasteiger partial charge in [0.05, 0.1) is 0 Å². The Morgan fingerprint density at radius 3 is 2.23 bits per heavy atom. The van der Waals surface area contributed by atoms with E-state index in [4.69, 9.17) is 0 Å². The molecule has 4 aromatic carbocycles. The number of rotatable bonds is 5. The van der Waals surface area contributed by atoms with Crippen molar-refractivity contribution < 1.29 is 31.1 Å². The molecule has 4 heteroatoms. The van der Waals surface area contributed by atoms with Crippen LogP contribution in [0.4, 0.5) is 0 Å². The minimum Gasteiger partial charge on any atom is -1.00 e. The van der Waals surface area contributed by atoms with Crippen molar-refractivity contribution in [1.82, 2.24) is 0 Å². The largest absolute Gasteiger partial charge is 4.00 e. The van der Waals surface area contributed by atoms with Gasteiger partial charge >= 0.3 is 21.7 Å². The van der Waals surface area contributed by atoms with Crippen LogP contribution in [0.5, 0.6) is 0 Å². The normalized spacial score (nSPS) is 9.97. The van der Waals surface area contributed by atoms with Crippen LogP contribution in [0.1, 0.15) is 36.5 Å². The number of hydrogen-bond donors (Lipinski definition) is 0. The number of halogens is 2. The Bertz CT molecular complexity index is 954. The number of aryl methyl sites for hydroxylation is 3. The molecule has 0 fully saturated rings. The smallest absolute Gasteiger partial charge is 1.00 e. The van der Waals surface area contributed by atoms with Gasteiger partial charge in [0.2, 0.25) is 0 Å². The standard InChI is InChI=1S/C16H14P.C10H15.2FH.Ti/c1-12-6-2-5-9-16(12)17-15-10-13-7-3-4-8-14(13)11-15;1-3-4-7-10-8-5-6-9(10)2;;;/h2-11,17H,1H3;5-6,8H,3-4,7H2,1-2H3;2*1H;/q2*-1;;;+4/p-2. The molecule has 1 atom stereocenters. The molecule has 4 aromatic rings. The maximum atomic E-state index is 2.31. The minimum absolute atomic E-state index is 0. The molecule has 0 spiro atoms. The van der Waals surface area contributed by atoms with E-state index < -0.39 is 0 Å². The van der Waals surface area contributed by atoms with Crippen LogP contribution in [0.3, 0.4) is 0 Å². The van der Waals surface area contributed by atoms with E-state index in [1.165, 1.54) is 57.3 Å². The predicted molar refractivity (Wildman–Crippen MR) is 124 cm³/mol. The Kier molecular flexibility index (Phi) is 13.6. The van der Waals surface area contributed by atoms with Crippen LogP contribution in [0, 0.1) is 13.8 Å². The summed E-state index contributed by atoms with van der Waals surface area (Å²) in [5.41, 5.74) is 4.37. The average Bonchev–Trinajstić information content (AvgIpc) is 3.27. The molecule has 156 valence electrons. The van der Waals surface area contributed by atoms with E-state index in [0.29, 0.717) is 0 Å². The van der Waals surface area contributed by atoms with Crippen molar-refractivity contribution in [3.8, 4) is 0 Å². The van der Waals surface area contributed by atoms with Gasteiger partial charge in [0.1, 0.15) is 0 Å². The molecular formula is C26H29F2PTi. The third kappa shape index (κ3) is 7.91. The van der Waals surface area contributed by atoms with Crippen molar-refractivity contribution in [1.29, 1.82) is 0 Å². The summed E-state index contributed by atoms with van der Waals surface area (Å²) >= 11 is 0. The van der Waals surface area contributed by atoms with Crippen molar-refractivity contribution in [3.05, 3.63) is 95.6 Å². The molecule has 0 saturated heterocycles. The van der Waals surface area contributed by atoms with Crippen LogP contribution >= 0.6 is 8.58 Å². The molecule has 0 saturated carbocycles. The zero-order valence-corrected chi connectivity index (χ0v) is 20.4. The summed E-state index contributed by atoms with van der Waals surface area (Å²) < 4.78 is 0. The number of unbranched alkanes of at least 4 members (excludes halogenated alkanes) is 1. The summed E-state index contributed by atoms with van der Waals surface area (Å²) in [7, 11) is 0.759. The maximum absolute atomic E-state index is 2.31. The van der Waals surface area contributed by atoms with Crippen molar-refractivity contribution in [2.45, 2.75) is 40.0 Å². The van der Waals surface area contributed by atoms with Gasteiger partial charge in [0, 0.05) is 0 Å². The van der Waals surface area contributed by atoms with Gasteiger partial charge in [-0.25, -0.2) is 12.1 Å². The van der Waals surface area contributed by atoms with Gasteiger partial charge in [-0.05, 0) is 17.8 Å². The Morgan fingerprint density at radius 2 is 1.60 bits per heavy atom. The Balaban J connectivity index is 0.000000569. The van der Waals surface area contributed by atoms with Gasteiger partial charge in [0.25, 0.3) is 0 Å². The quantitative estimate of drug-likeness (QED) is 0.233. The van der Waals surface area contributed by atoms with Gasteiger partial charge in [-0.3, -0.25) is 0 Å². The van der Waals surface area contributed by atoms with Crippen LogP contribution < -0.4 is 20.0 Å². The van der Waals surface area contributed by atoms with E-state index >= 15 is 0 Å². The fourth-order valence-electron chi connectivity index (χ4n) is 3.29. The van der Waals surface area contributed by atoms with Crippen LogP contribution in [-0.2, 0) is 28.1 Å². The van der Waals surface area contributed by atoms with Crippen LogP contribution in [0.25, 0.3) is 10.8 Å². The molecule has 0 bridgehead atoms. The van der Waals surface area contributed by atoms with E-state index in [-0.39, 0.29) is 31.1 Å². The average molecular weight is 458 g/mol. The van der Waals surface area contributed by atoms with Crippen LogP contribution in [0.2, 0.25) is 0 Å². The first kappa shape index (κ1) is 28.4. The molecule has 4 rings (SSSR count).